The average molecular weight is 143 g/mol. The lowest BCUT2D eigenvalue weighted by molar-refractivity contribution is -0.119. The molecular formula is C8H17NO. The predicted octanol–water partition coefficient (Wildman–Crippen LogP) is 1.21. The summed E-state index contributed by atoms with van der Waals surface area (Å²) in [5.74, 6) is 0.680. The van der Waals surface area contributed by atoms with E-state index in [-0.39, 0.29) is 11.8 Å². The van der Waals surface area contributed by atoms with E-state index >= 15 is 0 Å². The third-order valence-electron chi connectivity index (χ3n) is 1.96. The van der Waals surface area contributed by atoms with Gasteiger partial charge in [0.05, 0.1) is 6.04 Å². The van der Waals surface area contributed by atoms with Gasteiger partial charge in [-0.25, -0.2) is 0 Å². The highest BCUT2D eigenvalue weighted by Crippen LogP contribution is 2.07. The number of ketones is 1. The normalized spacial score (nSPS) is 16.4. The van der Waals surface area contributed by atoms with Crippen molar-refractivity contribution in [3.8, 4) is 0 Å². The van der Waals surface area contributed by atoms with Crippen LogP contribution >= 0.6 is 0 Å². The van der Waals surface area contributed by atoms with Crippen LogP contribution in [0.15, 0.2) is 0 Å². The fourth-order valence-electron chi connectivity index (χ4n) is 1.12. The third kappa shape index (κ3) is 2.48. The Morgan fingerprint density at radius 2 is 2.10 bits per heavy atom. The van der Waals surface area contributed by atoms with Crippen molar-refractivity contribution in [1.29, 1.82) is 0 Å². The Morgan fingerprint density at radius 1 is 1.60 bits per heavy atom. The zero-order valence-electron chi connectivity index (χ0n) is 7.27. The van der Waals surface area contributed by atoms with Crippen LogP contribution in [0, 0.1) is 5.92 Å². The van der Waals surface area contributed by atoms with Crippen LogP contribution in [-0.4, -0.2) is 18.9 Å². The predicted molar refractivity (Wildman–Crippen MR) is 43.0 cm³/mol. The molecule has 0 heterocycles. The number of rotatable bonds is 4. The first-order chi connectivity index (χ1) is 4.63. The molecule has 0 aromatic heterocycles. The quantitative estimate of drug-likeness (QED) is 0.641. The van der Waals surface area contributed by atoms with E-state index in [1.807, 2.05) is 7.05 Å². The van der Waals surface area contributed by atoms with E-state index in [1.165, 1.54) is 0 Å². The first-order valence-electron chi connectivity index (χ1n) is 3.81. The van der Waals surface area contributed by atoms with Gasteiger partial charge in [0.2, 0.25) is 0 Å². The lowest BCUT2D eigenvalue weighted by Crippen LogP contribution is -2.37. The molecule has 0 aliphatic rings. The number of hydrogen-bond acceptors (Lipinski definition) is 2. The van der Waals surface area contributed by atoms with Crippen molar-refractivity contribution in [3.63, 3.8) is 0 Å². The van der Waals surface area contributed by atoms with Crippen molar-refractivity contribution in [1.82, 2.24) is 5.32 Å². The van der Waals surface area contributed by atoms with Crippen LogP contribution in [0.2, 0.25) is 0 Å². The first-order valence-corrected chi connectivity index (χ1v) is 3.81. The Kier molecular flexibility index (Phi) is 4.28. The van der Waals surface area contributed by atoms with Crippen LogP contribution in [0.5, 0.6) is 0 Å². The topological polar surface area (TPSA) is 29.1 Å². The van der Waals surface area contributed by atoms with E-state index in [0.29, 0.717) is 5.92 Å². The minimum absolute atomic E-state index is 0.0463. The van der Waals surface area contributed by atoms with Crippen LogP contribution in [-0.2, 0) is 4.79 Å². The molecule has 60 valence electrons. The lowest BCUT2D eigenvalue weighted by Gasteiger charge is -2.18. The van der Waals surface area contributed by atoms with E-state index < -0.39 is 0 Å². The van der Waals surface area contributed by atoms with Gasteiger partial charge in [0.1, 0.15) is 5.78 Å². The van der Waals surface area contributed by atoms with Crippen molar-refractivity contribution in [2.45, 2.75) is 33.2 Å². The van der Waals surface area contributed by atoms with Gasteiger partial charge in [0.25, 0.3) is 0 Å². The molecule has 1 unspecified atom stereocenters. The van der Waals surface area contributed by atoms with E-state index in [1.54, 1.807) is 6.92 Å². The summed E-state index contributed by atoms with van der Waals surface area (Å²) in [6, 6.07) is 0.0463. The van der Waals surface area contributed by atoms with Crippen molar-refractivity contribution < 1.29 is 4.79 Å². The molecule has 0 saturated heterocycles. The molecule has 10 heavy (non-hydrogen) atoms. The van der Waals surface area contributed by atoms with Gasteiger partial charge in [-0.2, -0.15) is 0 Å². The van der Waals surface area contributed by atoms with Gasteiger partial charge in [-0.3, -0.25) is 4.79 Å². The number of hydrogen-bond donors (Lipinski definition) is 1. The van der Waals surface area contributed by atoms with Gasteiger partial charge >= 0.3 is 0 Å². The fraction of sp³-hybridized carbons (Fsp3) is 0.875. The van der Waals surface area contributed by atoms with Crippen molar-refractivity contribution in [2.75, 3.05) is 7.05 Å². The van der Waals surface area contributed by atoms with Crippen LogP contribution in [0.3, 0.4) is 0 Å². The second-order valence-corrected chi connectivity index (χ2v) is 2.76. The molecule has 0 aromatic carbocycles. The SMILES string of the molecule is CCC(C)[C@H](NC)C(C)=O. The third-order valence-corrected chi connectivity index (χ3v) is 1.96. The second-order valence-electron chi connectivity index (χ2n) is 2.76. The molecule has 2 nitrogen and oxygen atoms in total. The Hall–Kier alpha value is -0.370. The summed E-state index contributed by atoms with van der Waals surface area (Å²) in [6.45, 7) is 5.81. The Labute approximate surface area is 63.0 Å². The lowest BCUT2D eigenvalue weighted by atomic mass is 9.96. The molecule has 0 aromatic rings. The molecule has 0 aliphatic heterocycles. The largest absolute Gasteiger partial charge is 0.310 e. The maximum atomic E-state index is 10.9. The molecule has 2 heteroatoms. The summed E-state index contributed by atoms with van der Waals surface area (Å²) in [7, 11) is 1.83. The summed E-state index contributed by atoms with van der Waals surface area (Å²) in [5.41, 5.74) is 0. The highest BCUT2D eigenvalue weighted by molar-refractivity contribution is 5.81. The number of nitrogens with one attached hydrogen (secondary N) is 1. The van der Waals surface area contributed by atoms with E-state index in [2.05, 4.69) is 19.2 Å². The van der Waals surface area contributed by atoms with Gasteiger partial charge < -0.3 is 5.32 Å². The highest BCUT2D eigenvalue weighted by atomic mass is 16.1. The minimum atomic E-state index is 0.0463. The highest BCUT2D eigenvalue weighted by Gasteiger charge is 2.17. The molecular weight excluding hydrogens is 126 g/mol. The molecule has 0 spiro atoms. The number of likely N-dealkylation sites (N-methyl/N-ethyl adjacent to an activating group) is 1. The molecule has 0 rings (SSSR count). The molecule has 0 fully saturated rings. The molecule has 0 aliphatic carbocycles. The summed E-state index contributed by atoms with van der Waals surface area (Å²) >= 11 is 0. The maximum absolute atomic E-state index is 10.9. The Balaban J connectivity index is 3.92. The molecule has 2 atom stereocenters. The second kappa shape index (κ2) is 4.45. The van der Waals surface area contributed by atoms with Crippen molar-refractivity contribution >= 4 is 5.78 Å². The van der Waals surface area contributed by atoms with Gasteiger partial charge in [0, 0.05) is 0 Å². The summed E-state index contributed by atoms with van der Waals surface area (Å²) < 4.78 is 0. The van der Waals surface area contributed by atoms with E-state index in [4.69, 9.17) is 0 Å². The van der Waals surface area contributed by atoms with Gasteiger partial charge in [0.15, 0.2) is 0 Å². The number of carbonyl (C=O) groups excluding carboxylic acids is 1. The van der Waals surface area contributed by atoms with Gasteiger partial charge in [-0.1, -0.05) is 20.3 Å². The van der Waals surface area contributed by atoms with Crippen LogP contribution in [0.4, 0.5) is 0 Å². The zero-order valence-corrected chi connectivity index (χ0v) is 7.27. The number of Topliss-reactive ketones (excluding diaryl/α,β-unsaturated/α-hetero) is 1. The van der Waals surface area contributed by atoms with Gasteiger partial charge in [-0.15, -0.1) is 0 Å². The maximum Gasteiger partial charge on any atom is 0.146 e. The van der Waals surface area contributed by atoms with Crippen LogP contribution in [0.25, 0.3) is 0 Å². The standard InChI is InChI=1S/C8H17NO/c1-5-6(2)8(9-4)7(3)10/h6,8-9H,5H2,1-4H3/t6?,8-/m0/s1. The summed E-state index contributed by atoms with van der Waals surface area (Å²) in [4.78, 5) is 10.9. The van der Waals surface area contributed by atoms with Crippen molar-refractivity contribution in [2.24, 2.45) is 5.92 Å². The van der Waals surface area contributed by atoms with Crippen molar-refractivity contribution in [3.05, 3.63) is 0 Å². The van der Waals surface area contributed by atoms with Gasteiger partial charge in [-0.05, 0) is 19.9 Å². The number of carbonyl (C=O) groups is 1. The smallest absolute Gasteiger partial charge is 0.146 e. The molecule has 0 amide bonds. The minimum Gasteiger partial charge on any atom is -0.310 e. The van der Waals surface area contributed by atoms with E-state index in [0.717, 1.165) is 6.42 Å². The first kappa shape index (κ1) is 9.63. The fourth-order valence-corrected chi connectivity index (χ4v) is 1.12. The summed E-state index contributed by atoms with van der Waals surface area (Å²) in [6.07, 6.45) is 1.05. The molecule has 0 bridgehead atoms. The Morgan fingerprint density at radius 3 is 2.20 bits per heavy atom. The Bertz CT molecular complexity index is 112. The average Bonchev–Trinajstić information content (AvgIpc) is 1.88. The van der Waals surface area contributed by atoms with Crippen LogP contribution in [0.1, 0.15) is 27.2 Å². The summed E-state index contributed by atoms with van der Waals surface area (Å²) in [5, 5.41) is 3.00. The van der Waals surface area contributed by atoms with E-state index in [9.17, 15) is 4.79 Å². The molecule has 1 N–H and O–H groups in total. The molecule has 0 radical (unpaired) electrons. The molecule has 0 saturated carbocycles. The van der Waals surface area contributed by atoms with Crippen LogP contribution < -0.4 is 5.32 Å². The zero-order chi connectivity index (χ0) is 8.15. The monoisotopic (exact) mass is 143 g/mol.